The molecule has 3 rings (SSSR count). The predicted molar refractivity (Wildman–Crippen MR) is 102 cm³/mol. The molecule has 0 saturated carbocycles. The second kappa shape index (κ2) is 8.14. The van der Waals surface area contributed by atoms with Crippen LogP contribution in [-0.4, -0.2) is 48.0 Å². The minimum absolute atomic E-state index is 0.0651. The predicted octanol–water partition coefficient (Wildman–Crippen LogP) is 3.18. The quantitative estimate of drug-likeness (QED) is 0.737. The number of piperidine rings is 1. The van der Waals surface area contributed by atoms with Crippen LogP contribution in [-0.2, 0) is 11.3 Å². The molecule has 6 nitrogen and oxygen atoms in total. The van der Waals surface area contributed by atoms with Gasteiger partial charge in [-0.25, -0.2) is 4.98 Å². The van der Waals surface area contributed by atoms with Gasteiger partial charge in [-0.1, -0.05) is 0 Å². The summed E-state index contributed by atoms with van der Waals surface area (Å²) in [7, 11) is 3.48. The Hall–Kier alpha value is -1.67. The number of amides is 1. The topological polar surface area (TPSA) is 58.6 Å². The van der Waals surface area contributed by atoms with E-state index in [1.54, 1.807) is 30.7 Å². The zero-order chi connectivity index (χ0) is 17.8. The molecule has 134 valence electrons. The lowest BCUT2D eigenvalue weighted by molar-refractivity contribution is -0.135. The number of methoxy groups -OCH3 is 1. The molecule has 3 heterocycles. The molecular formula is C17H21BrN4O2S. The van der Waals surface area contributed by atoms with E-state index in [1.807, 2.05) is 17.3 Å². The zero-order valence-corrected chi connectivity index (χ0v) is 16.7. The molecule has 1 fully saturated rings. The maximum atomic E-state index is 12.7. The molecule has 2 aromatic rings. The van der Waals surface area contributed by atoms with Crippen molar-refractivity contribution >= 4 is 39.1 Å². The van der Waals surface area contributed by atoms with Crippen LogP contribution >= 0.6 is 27.3 Å². The van der Waals surface area contributed by atoms with Gasteiger partial charge in [0.15, 0.2) is 0 Å². The number of halogens is 1. The Kier molecular flexibility index (Phi) is 5.90. The van der Waals surface area contributed by atoms with Gasteiger partial charge >= 0.3 is 0 Å². The number of rotatable bonds is 5. The first kappa shape index (κ1) is 18.1. The minimum atomic E-state index is 0.0651. The molecule has 1 amide bonds. The summed E-state index contributed by atoms with van der Waals surface area (Å²) in [4.78, 5) is 26.5. The lowest BCUT2D eigenvalue weighted by Gasteiger charge is -2.33. The molecule has 0 radical (unpaired) electrons. The van der Waals surface area contributed by atoms with E-state index in [1.165, 1.54) is 4.88 Å². The number of nitrogens with zero attached hydrogens (tertiary/aromatic N) is 4. The third-order valence-electron chi connectivity index (χ3n) is 4.34. The van der Waals surface area contributed by atoms with Crippen molar-refractivity contribution in [2.24, 2.45) is 5.92 Å². The summed E-state index contributed by atoms with van der Waals surface area (Å²) in [5, 5.41) is 2.04. The Balaban J connectivity index is 1.55. The Morgan fingerprint density at radius 2 is 2.24 bits per heavy atom. The fourth-order valence-electron chi connectivity index (χ4n) is 2.98. The molecule has 0 spiro atoms. The summed E-state index contributed by atoms with van der Waals surface area (Å²) in [6, 6.07) is 3.80. The third kappa shape index (κ3) is 4.49. The molecule has 0 unspecified atom stereocenters. The van der Waals surface area contributed by atoms with E-state index in [2.05, 4.69) is 36.9 Å². The van der Waals surface area contributed by atoms with Gasteiger partial charge in [-0.3, -0.25) is 4.79 Å². The lowest BCUT2D eigenvalue weighted by atomic mass is 9.95. The van der Waals surface area contributed by atoms with Crippen LogP contribution in [0.1, 0.15) is 17.7 Å². The van der Waals surface area contributed by atoms with Gasteiger partial charge in [-0.15, -0.1) is 11.3 Å². The van der Waals surface area contributed by atoms with E-state index in [-0.39, 0.29) is 11.8 Å². The Bertz CT molecular complexity index is 731. The first-order chi connectivity index (χ1) is 12.1. The van der Waals surface area contributed by atoms with Gasteiger partial charge in [0.1, 0.15) is 0 Å². The van der Waals surface area contributed by atoms with Crippen molar-refractivity contribution < 1.29 is 9.53 Å². The lowest BCUT2D eigenvalue weighted by Crippen LogP contribution is -2.41. The molecular weight excluding hydrogens is 404 g/mol. The molecule has 0 aromatic carbocycles. The maximum absolute atomic E-state index is 12.7. The van der Waals surface area contributed by atoms with E-state index in [0.29, 0.717) is 18.4 Å². The SMILES string of the molecule is COc1ccnc(N2CCC(C(=O)N(C)Cc3cc(Br)cs3)CC2)n1. The monoisotopic (exact) mass is 424 g/mol. The Labute approximate surface area is 160 Å². The van der Waals surface area contributed by atoms with E-state index in [0.717, 1.165) is 30.4 Å². The number of carbonyl (C=O) groups excluding carboxylic acids is 1. The van der Waals surface area contributed by atoms with Gasteiger partial charge in [0, 0.05) is 53.0 Å². The number of carbonyl (C=O) groups is 1. The molecule has 1 saturated heterocycles. The summed E-state index contributed by atoms with van der Waals surface area (Å²) >= 11 is 5.12. The normalized spacial score (nSPS) is 15.2. The Morgan fingerprint density at radius 1 is 1.48 bits per heavy atom. The first-order valence-corrected chi connectivity index (χ1v) is 9.84. The number of anilines is 1. The van der Waals surface area contributed by atoms with Crippen LogP contribution in [0.4, 0.5) is 5.95 Å². The average Bonchev–Trinajstić information content (AvgIpc) is 3.06. The van der Waals surface area contributed by atoms with Crippen molar-refractivity contribution in [1.82, 2.24) is 14.9 Å². The largest absolute Gasteiger partial charge is 0.481 e. The minimum Gasteiger partial charge on any atom is -0.481 e. The van der Waals surface area contributed by atoms with Crippen molar-refractivity contribution in [2.45, 2.75) is 19.4 Å². The smallest absolute Gasteiger partial charge is 0.228 e. The van der Waals surface area contributed by atoms with E-state index in [9.17, 15) is 4.79 Å². The molecule has 2 aromatic heterocycles. The molecule has 0 aliphatic carbocycles. The number of thiophene rings is 1. The van der Waals surface area contributed by atoms with Gasteiger partial charge in [0.25, 0.3) is 0 Å². The number of hydrogen-bond acceptors (Lipinski definition) is 6. The highest BCUT2D eigenvalue weighted by Gasteiger charge is 2.28. The number of aromatic nitrogens is 2. The van der Waals surface area contributed by atoms with Crippen molar-refractivity contribution in [3.05, 3.63) is 33.1 Å². The average molecular weight is 425 g/mol. The molecule has 0 bridgehead atoms. The van der Waals surface area contributed by atoms with Crippen molar-refractivity contribution in [3.8, 4) is 5.88 Å². The summed E-state index contributed by atoms with van der Waals surface area (Å²) in [6.45, 7) is 2.22. The Morgan fingerprint density at radius 3 is 2.88 bits per heavy atom. The van der Waals surface area contributed by atoms with E-state index in [4.69, 9.17) is 4.74 Å². The molecule has 8 heteroatoms. The van der Waals surface area contributed by atoms with E-state index < -0.39 is 0 Å². The van der Waals surface area contributed by atoms with Gasteiger partial charge in [-0.05, 0) is 34.8 Å². The summed E-state index contributed by atoms with van der Waals surface area (Å²) in [5.74, 6) is 1.51. The first-order valence-electron chi connectivity index (χ1n) is 8.16. The molecule has 0 N–H and O–H groups in total. The summed E-state index contributed by atoms with van der Waals surface area (Å²) < 4.78 is 6.22. The third-order valence-corrected chi connectivity index (χ3v) is 6.03. The van der Waals surface area contributed by atoms with Crippen molar-refractivity contribution in [3.63, 3.8) is 0 Å². The van der Waals surface area contributed by atoms with Crippen LogP contribution in [0.15, 0.2) is 28.2 Å². The number of ether oxygens (including phenoxy) is 1. The second-order valence-corrected chi connectivity index (χ2v) is 8.00. The van der Waals surface area contributed by atoms with Crippen LogP contribution < -0.4 is 9.64 Å². The van der Waals surface area contributed by atoms with Gasteiger partial charge in [-0.2, -0.15) is 4.98 Å². The highest BCUT2D eigenvalue weighted by Crippen LogP contribution is 2.25. The molecule has 1 aliphatic heterocycles. The fraction of sp³-hybridized carbons (Fsp3) is 0.471. The maximum Gasteiger partial charge on any atom is 0.228 e. The van der Waals surface area contributed by atoms with Gasteiger partial charge in [0.05, 0.1) is 13.7 Å². The number of hydrogen-bond donors (Lipinski definition) is 0. The van der Waals surface area contributed by atoms with Gasteiger partial charge < -0.3 is 14.5 Å². The standard InChI is InChI=1S/C17H21BrN4O2S/c1-21(10-14-9-13(18)11-25-14)16(23)12-4-7-22(8-5-12)17-19-6-3-15(20-17)24-2/h3,6,9,11-12H,4-5,7-8,10H2,1-2H3. The molecule has 1 aliphatic rings. The summed E-state index contributed by atoms with van der Waals surface area (Å²) in [5.41, 5.74) is 0. The van der Waals surface area contributed by atoms with Gasteiger partial charge in [0.2, 0.25) is 17.7 Å². The van der Waals surface area contributed by atoms with Crippen LogP contribution in [0.25, 0.3) is 0 Å². The zero-order valence-electron chi connectivity index (χ0n) is 14.3. The van der Waals surface area contributed by atoms with Crippen LogP contribution in [0.5, 0.6) is 5.88 Å². The highest BCUT2D eigenvalue weighted by atomic mass is 79.9. The molecule has 25 heavy (non-hydrogen) atoms. The van der Waals surface area contributed by atoms with Crippen LogP contribution in [0.3, 0.4) is 0 Å². The fourth-order valence-corrected chi connectivity index (χ4v) is 4.49. The van der Waals surface area contributed by atoms with Crippen molar-refractivity contribution in [1.29, 1.82) is 0 Å². The second-order valence-electron chi connectivity index (χ2n) is 6.09. The molecule has 0 atom stereocenters. The van der Waals surface area contributed by atoms with Crippen molar-refractivity contribution in [2.75, 3.05) is 32.1 Å². The van der Waals surface area contributed by atoms with Crippen LogP contribution in [0, 0.1) is 5.92 Å². The van der Waals surface area contributed by atoms with Crippen LogP contribution in [0.2, 0.25) is 0 Å². The highest BCUT2D eigenvalue weighted by molar-refractivity contribution is 9.10. The summed E-state index contributed by atoms with van der Waals surface area (Å²) in [6.07, 6.45) is 3.33. The van der Waals surface area contributed by atoms with E-state index >= 15 is 0 Å².